The molecule has 0 fully saturated rings. The highest BCUT2D eigenvalue weighted by Gasteiger charge is 1.96. The Morgan fingerprint density at radius 2 is 2.19 bits per heavy atom. The molecule has 0 aliphatic carbocycles. The monoisotopic (exact) mass is 226 g/mol. The van der Waals surface area contributed by atoms with Crippen LogP contribution in [-0.4, -0.2) is 39.2 Å². The molecule has 1 aromatic heterocycles. The van der Waals surface area contributed by atoms with Crippen molar-refractivity contribution in [3.8, 4) is 0 Å². The van der Waals surface area contributed by atoms with Gasteiger partial charge in [0, 0.05) is 19.2 Å². The predicted octanol–water partition coefficient (Wildman–Crippen LogP) is 0.513. The van der Waals surface area contributed by atoms with Gasteiger partial charge < -0.3 is 10.4 Å². The van der Waals surface area contributed by atoms with Gasteiger partial charge in [0.25, 0.3) is 0 Å². The van der Waals surface area contributed by atoms with Gasteiger partial charge in [-0.2, -0.15) is 0 Å². The van der Waals surface area contributed by atoms with Gasteiger partial charge in [-0.05, 0) is 19.4 Å². The van der Waals surface area contributed by atoms with E-state index < -0.39 is 5.97 Å². The molecule has 1 aromatic rings. The molecule has 1 rings (SSSR count). The van der Waals surface area contributed by atoms with Crippen molar-refractivity contribution >= 4 is 5.97 Å². The smallest absolute Gasteiger partial charge is 0.303 e. The zero-order valence-corrected chi connectivity index (χ0v) is 9.30. The molecule has 0 radical (unpaired) electrons. The number of rotatable bonds is 9. The van der Waals surface area contributed by atoms with Gasteiger partial charge >= 0.3 is 5.97 Å². The van der Waals surface area contributed by atoms with Gasteiger partial charge in [-0.3, -0.25) is 9.48 Å². The molecule has 0 atom stereocenters. The second kappa shape index (κ2) is 7.81. The first kappa shape index (κ1) is 12.6. The van der Waals surface area contributed by atoms with Gasteiger partial charge in [-0.15, -0.1) is 5.10 Å². The fourth-order valence-corrected chi connectivity index (χ4v) is 1.37. The molecule has 0 amide bonds. The minimum Gasteiger partial charge on any atom is -0.481 e. The van der Waals surface area contributed by atoms with Crippen molar-refractivity contribution in [3.05, 3.63) is 12.4 Å². The molecule has 0 saturated carbocycles. The highest BCUT2D eigenvalue weighted by Crippen LogP contribution is 1.98. The maximum Gasteiger partial charge on any atom is 0.303 e. The molecule has 2 N–H and O–H groups in total. The summed E-state index contributed by atoms with van der Waals surface area (Å²) < 4.78 is 1.78. The third-order valence-electron chi connectivity index (χ3n) is 2.23. The maximum absolute atomic E-state index is 10.2. The predicted molar refractivity (Wildman–Crippen MR) is 59.0 cm³/mol. The molecule has 6 nitrogen and oxygen atoms in total. The number of carboxylic acid groups (broad SMARTS) is 1. The molecule has 0 aliphatic heterocycles. The number of nitrogens with one attached hydrogen (secondary N) is 1. The lowest BCUT2D eigenvalue weighted by Gasteiger charge is -2.03. The van der Waals surface area contributed by atoms with E-state index in [1.54, 1.807) is 10.9 Å². The van der Waals surface area contributed by atoms with Gasteiger partial charge in [0.2, 0.25) is 0 Å². The molecular weight excluding hydrogens is 208 g/mol. The topological polar surface area (TPSA) is 80.0 Å². The molecule has 0 aliphatic rings. The Kier molecular flexibility index (Phi) is 6.17. The fraction of sp³-hybridized carbons (Fsp3) is 0.700. The molecule has 0 unspecified atom stereocenters. The van der Waals surface area contributed by atoms with Crippen LogP contribution in [0.2, 0.25) is 0 Å². The van der Waals surface area contributed by atoms with Crippen molar-refractivity contribution in [1.82, 2.24) is 20.3 Å². The van der Waals surface area contributed by atoms with Gasteiger partial charge in [0.1, 0.15) is 0 Å². The van der Waals surface area contributed by atoms with Crippen LogP contribution in [0.15, 0.2) is 12.4 Å². The number of aromatic nitrogens is 3. The summed E-state index contributed by atoms with van der Waals surface area (Å²) >= 11 is 0. The van der Waals surface area contributed by atoms with E-state index in [9.17, 15) is 4.79 Å². The van der Waals surface area contributed by atoms with E-state index in [0.717, 1.165) is 38.9 Å². The van der Waals surface area contributed by atoms with Crippen LogP contribution in [-0.2, 0) is 11.3 Å². The lowest BCUT2D eigenvalue weighted by atomic mass is 10.2. The van der Waals surface area contributed by atoms with Gasteiger partial charge in [0.15, 0.2) is 0 Å². The lowest BCUT2D eigenvalue weighted by Crippen LogP contribution is -2.21. The van der Waals surface area contributed by atoms with Crippen LogP contribution in [0.4, 0.5) is 0 Å². The van der Waals surface area contributed by atoms with Crippen LogP contribution in [0.3, 0.4) is 0 Å². The van der Waals surface area contributed by atoms with E-state index in [4.69, 9.17) is 5.11 Å². The Bertz CT molecular complexity index is 287. The summed E-state index contributed by atoms with van der Waals surface area (Å²) in [5, 5.41) is 19.3. The van der Waals surface area contributed by atoms with Crippen molar-refractivity contribution in [1.29, 1.82) is 0 Å². The summed E-state index contributed by atoms with van der Waals surface area (Å²) in [6.07, 6.45) is 6.51. The summed E-state index contributed by atoms with van der Waals surface area (Å²) in [4.78, 5) is 10.2. The largest absolute Gasteiger partial charge is 0.481 e. The molecule has 90 valence electrons. The van der Waals surface area contributed by atoms with E-state index in [0.29, 0.717) is 0 Å². The number of unbranched alkanes of at least 4 members (excludes halogenated alkanes) is 2. The van der Waals surface area contributed by atoms with Crippen molar-refractivity contribution in [2.45, 2.75) is 32.2 Å². The van der Waals surface area contributed by atoms with E-state index >= 15 is 0 Å². The van der Waals surface area contributed by atoms with Crippen LogP contribution in [0.1, 0.15) is 25.7 Å². The zero-order valence-electron chi connectivity index (χ0n) is 9.30. The highest BCUT2D eigenvalue weighted by molar-refractivity contribution is 5.66. The number of carboxylic acids is 1. The Labute approximate surface area is 94.7 Å². The molecule has 0 spiro atoms. The minimum atomic E-state index is -0.709. The number of hydrogen-bond acceptors (Lipinski definition) is 4. The summed E-state index contributed by atoms with van der Waals surface area (Å²) in [6, 6.07) is 0. The second-order valence-corrected chi connectivity index (χ2v) is 3.62. The zero-order chi connectivity index (χ0) is 11.6. The first-order chi connectivity index (χ1) is 7.79. The van der Waals surface area contributed by atoms with Crippen molar-refractivity contribution in [2.75, 3.05) is 13.1 Å². The molecule has 16 heavy (non-hydrogen) atoms. The van der Waals surface area contributed by atoms with Crippen LogP contribution < -0.4 is 5.32 Å². The Hall–Kier alpha value is -1.43. The summed E-state index contributed by atoms with van der Waals surface area (Å²) in [5.41, 5.74) is 0. The van der Waals surface area contributed by atoms with E-state index in [1.807, 2.05) is 6.20 Å². The average molecular weight is 226 g/mol. The minimum absolute atomic E-state index is 0.277. The molecular formula is C10H18N4O2. The summed E-state index contributed by atoms with van der Waals surface area (Å²) in [7, 11) is 0. The van der Waals surface area contributed by atoms with Gasteiger partial charge in [-0.25, -0.2) is 0 Å². The summed E-state index contributed by atoms with van der Waals surface area (Å²) in [5.74, 6) is -0.709. The quantitative estimate of drug-likeness (QED) is 0.600. The SMILES string of the molecule is O=C(O)CCCCCNCCn1ccnn1. The number of carbonyl (C=O) groups is 1. The first-order valence-corrected chi connectivity index (χ1v) is 5.55. The van der Waals surface area contributed by atoms with Crippen molar-refractivity contribution in [3.63, 3.8) is 0 Å². The van der Waals surface area contributed by atoms with Crippen LogP contribution in [0.5, 0.6) is 0 Å². The second-order valence-electron chi connectivity index (χ2n) is 3.62. The molecule has 0 bridgehead atoms. The Morgan fingerprint density at radius 3 is 2.88 bits per heavy atom. The maximum atomic E-state index is 10.2. The first-order valence-electron chi connectivity index (χ1n) is 5.55. The van der Waals surface area contributed by atoms with Crippen molar-refractivity contribution < 1.29 is 9.90 Å². The van der Waals surface area contributed by atoms with Crippen molar-refractivity contribution in [2.24, 2.45) is 0 Å². The van der Waals surface area contributed by atoms with Gasteiger partial charge in [-0.1, -0.05) is 11.6 Å². The number of nitrogens with zero attached hydrogens (tertiary/aromatic N) is 3. The number of aliphatic carboxylic acids is 1. The number of hydrogen-bond donors (Lipinski definition) is 2. The standard InChI is InChI=1S/C10H18N4O2/c15-10(16)4-2-1-3-5-11-6-8-14-9-7-12-13-14/h7,9,11H,1-6,8H2,(H,15,16). The normalized spacial score (nSPS) is 10.5. The molecule has 1 heterocycles. The van der Waals surface area contributed by atoms with E-state index in [1.165, 1.54) is 0 Å². The molecule has 6 heteroatoms. The lowest BCUT2D eigenvalue weighted by molar-refractivity contribution is -0.137. The average Bonchev–Trinajstić information content (AvgIpc) is 2.74. The molecule has 0 aromatic carbocycles. The van der Waals surface area contributed by atoms with Crippen LogP contribution in [0, 0.1) is 0 Å². The summed E-state index contributed by atoms with van der Waals surface area (Å²) in [6.45, 7) is 2.60. The highest BCUT2D eigenvalue weighted by atomic mass is 16.4. The third-order valence-corrected chi connectivity index (χ3v) is 2.23. The van der Waals surface area contributed by atoms with Crippen LogP contribution in [0.25, 0.3) is 0 Å². The van der Waals surface area contributed by atoms with E-state index in [-0.39, 0.29) is 6.42 Å². The van der Waals surface area contributed by atoms with Crippen LogP contribution >= 0.6 is 0 Å². The Balaban J connectivity index is 1.83. The van der Waals surface area contributed by atoms with Gasteiger partial charge in [0.05, 0.1) is 12.7 Å². The fourth-order valence-electron chi connectivity index (χ4n) is 1.37. The van der Waals surface area contributed by atoms with E-state index in [2.05, 4.69) is 15.6 Å². The Morgan fingerprint density at radius 1 is 1.31 bits per heavy atom. The third kappa shape index (κ3) is 6.13. The molecule has 0 saturated heterocycles.